The first-order valence-electron chi connectivity index (χ1n) is 4.52. The number of nitro benzene ring substituents is 1. The van der Waals surface area contributed by atoms with Crippen LogP contribution in [0.1, 0.15) is 5.82 Å². The van der Waals surface area contributed by atoms with Gasteiger partial charge in [0, 0.05) is 18.5 Å². The number of halogens is 1. The Hall–Kier alpha value is -2.39. The van der Waals surface area contributed by atoms with Crippen molar-refractivity contribution in [1.29, 1.82) is 5.26 Å². The smallest absolute Gasteiger partial charge is 0.284 e. The average Bonchev–Trinajstić information content (AvgIpc) is 2.76. The summed E-state index contributed by atoms with van der Waals surface area (Å²) in [5, 5.41) is 19.9. The molecule has 0 aliphatic carbocycles. The van der Waals surface area contributed by atoms with Crippen LogP contribution in [0, 0.1) is 21.4 Å². The highest BCUT2D eigenvalue weighted by Gasteiger charge is 2.20. The van der Waals surface area contributed by atoms with Gasteiger partial charge in [0.25, 0.3) is 5.69 Å². The molecule has 6 nitrogen and oxygen atoms in total. The molecule has 0 unspecified atom stereocenters. The Kier molecular flexibility index (Phi) is 2.77. The normalized spacial score (nSPS) is 9.88. The summed E-state index contributed by atoms with van der Waals surface area (Å²) in [4.78, 5) is 14.1. The number of nitriles is 1. The lowest BCUT2D eigenvalue weighted by Gasteiger charge is -2.06. The second-order valence-corrected chi connectivity index (χ2v) is 3.50. The van der Waals surface area contributed by atoms with Crippen LogP contribution < -0.4 is 0 Å². The molecule has 1 heterocycles. The van der Waals surface area contributed by atoms with Crippen LogP contribution in [0.3, 0.4) is 0 Å². The highest BCUT2D eigenvalue weighted by Crippen LogP contribution is 2.30. The summed E-state index contributed by atoms with van der Waals surface area (Å²) in [5.74, 6) is 0.0428. The quantitative estimate of drug-likeness (QED) is 0.603. The lowest BCUT2D eigenvalue weighted by Crippen LogP contribution is -2.02. The first-order valence-corrected chi connectivity index (χ1v) is 4.89. The molecular weight excluding hydrogens is 244 g/mol. The number of hydrogen-bond acceptors (Lipinski definition) is 4. The highest BCUT2D eigenvalue weighted by molar-refractivity contribution is 6.32. The van der Waals surface area contributed by atoms with Gasteiger partial charge in [0.1, 0.15) is 11.8 Å². The highest BCUT2D eigenvalue weighted by atomic mass is 35.5. The molecule has 84 valence electrons. The van der Waals surface area contributed by atoms with E-state index in [1.807, 2.05) is 6.07 Å². The molecule has 2 rings (SSSR count). The maximum Gasteiger partial charge on any atom is 0.294 e. The van der Waals surface area contributed by atoms with Gasteiger partial charge in [-0.2, -0.15) is 5.26 Å². The fourth-order valence-corrected chi connectivity index (χ4v) is 1.72. The molecule has 0 spiro atoms. The van der Waals surface area contributed by atoms with Crippen molar-refractivity contribution in [2.24, 2.45) is 0 Å². The van der Waals surface area contributed by atoms with Gasteiger partial charge < -0.3 is 0 Å². The molecule has 0 atom stereocenters. The molecule has 0 saturated carbocycles. The Labute approximate surface area is 101 Å². The summed E-state index contributed by atoms with van der Waals surface area (Å²) in [6, 6.07) is 6.16. The van der Waals surface area contributed by atoms with Crippen molar-refractivity contribution in [3.63, 3.8) is 0 Å². The summed E-state index contributed by atoms with van der Waals surface area (Å²) >= 11 is 5.93. The van der Waals surface area contributed by atoms with Crippen molar-refractivity contribution in [3.8, 4) is 11.8 Å². The minimum atomic E-state index is -0.553. The van der Waals surface area contributed by atoms with Crippen LogP contribution in [0.25, 0.3) is 5.69 Å². The average molecular weight is 249 g/mol. The first kappa shape index (κ1) is 11.1. The van der Waals surface area contributed by atoms with Crippen LogP contribution in [-0.4, -0.2) is 14.5 Å². The van der Waals surface area contributed by atoms with E-state index in [2.05, 4.69) is 4.98 Å². The molecule has 1 aromatic carbocycles. The molecule has 0 amide bonds. The Bertz CT molecular complexity index is 629. The Morgan fingerprint density at radius 1 is 1.53 bits per heavy atom. The van der Waals surface area contributed by atoms with E-state index >= 15 is 0 Å². The second-order valence-electron chi connectivity index (χ2n) is 3.10. The molecule has 2 aromatic rings. The van der Waals surface area contributed by atoms with Crippen molar-refractivity contribution in [3.05, 3.63) is 51.6 Å². The lowest BCUT2D eigenvalue weighted by atomic mass is 10.2. The third-order valence-electron chi connectivity index (χ3n) is 2.14. The van der Waals surface area contributed by atoms with Gasteiger partial charge in [0.15, 0.2) is 0 Å². The van der Waals surface area contributed by atoms with Crippen LogP contribution >= 0.6 is 11.6 Å². The summed E-state index contributed by atoms with van der Waals surface area (Å²) in [6.45, 7) is 0. The van der Waals surface area contributed by atoms with Crippen LogP contribution in [0.2, 0.25) is 5.02 Å². The van der Waals surface area contributed by atoms with Crippen LogP contribution in [0.4, 0.5) is 5.69 Å². The van der Waals surface area contributed by atoms with Gasteiger partial charge in [0.05, 0.1) is 9.95 Å². The van der Waals surface area contributed by atoms with E-state index in [4.69, 9.17) is 16.9 Å². The third-order valence-corrected chi connectivity index (χ3v) is 2.45. The fraction of sp³-hybridized carbons (Fsp3) is 0. The second kappa shape index (κ2) is 4.23. The summed E-state index contributed by atoms with van der Waals surface area (Å²) < 4.78 is 1.29. The molecule has 7 heteroatoms. The van der Waals surface area contributed by atoms with E-state index < -0.39 is 4.92 Å². The van der Waals surface area contributed by atoms with Crippen molar-refractivity contribution in [2.75, 3.05) is 0 Å². The van der Waals surface area contributed by atoms with Gasteiger partial charge in [-0.25, -0.2) is 4.98 Å². The zero-order valence-corrected chi connectivity index (χ0v) is 9.13. The van der Waals surface area contributed by atoms with Crippen molar-refractivity contribution in [2.45, 2.75) is 0 Å². The van der Waals surface area contributed by atoms with E-state index in [0.717, 1.165) is 0 Å². The van der Waals surface area contributed by atoms with E-state index in [1.54, 1.807) is 0 Å². The standard InChI is InChI=1S/C10H5ClN4O2/c11-7-2-1-3-8(15(16)17)10(7)14-5-4-13-9(14)6-12/h1-5H. The number of nitrogens with zero attached hydrogens (tertiary/aromatic N) is 4. The van der Waals surface area contributed by atoms with Crippen LogP contribution in [-0.2, 0) is 0 Å². The molecular formula is C10H5ClN4O2. The van der Waals surface area contributed by atoms with Crippen LogP contribution in [0.15, 0.2) is 30.6 Å². The lowest BCUT2D eigenvalue weighted by molar-refractivity contribution is -0.384. The largest absolute Gasteiger partial charge is 0.294 e. The number of hydrogen-bond donors (Lipinski definition) is 0. The Morgan fingerprint density at radius 2 is 2.29 bits per heavy atom. The van der Waals surface area contributed by atoms with Gasteiger partial charge >= 0.3 is 0 Å². The van der Waals surface area contributed by atoms with Crippen molar-refractivity contribution >= 4 is 17.3 Å². The van der Waals surface area contributed by atoms with Gasteiger partial charge in [0.2, 0.25) is 5.82 Å². The van der Waals surface area contributed by atoms with Crippen molar-refractivity contribution in [1.82, 2.24) is 9.55 Å². The van der Waals surface area contributed by atoms with Crippen LogP contribution in [0.5, 0.6) is 0 Å². The van der Waals surface area contributed by atoms with E-state index in [1.165, 1.54) is 35.2 Å². The monoisotopic (exact) mass is 248 g/mol. The predicted octanol–water partition coefficient (Wildman–Crippen LogP) is 2.31. The molecule has 0 aliphatic rings. The summed E-state index contributed by atoms with van der Waals surface area (Å²) in [7, 11) is 0. The first-order chi connectivity index (χ1) is 8.15. The van der Waals surface area contributed by atoms with E-state index in [0.29, 0.717) is 0 Å². The molecule has 0 saturated heterocycles. The van der Waals surface area contributed by atoms with Gasteiger partial charge in [-0.15, -0.1) is 0 Å². The number of benzene rings is 1. The molecule has 0 aliphatic heterocycles. The zero-order valence-electron chi connectivity index (χ0n) is 8.37. The fourth-order valence-electron chi connectivity index (χ4n) is 1.46. The number of rotatable bonds is 2. The third kappa shape index (κ3) is 1.84. The Morgan fingerprint density at radius 3 is 2.94 bits per heavy atom. The molecule has 0 fully saturated rings. The molecule has 17 heavy (non-hydrogen) atoms. The minimum Gasteiger partial charge on any atom is -0.284 e. The maximum absolute atomic E-state index is 10.9. The number of para-hydroxylation sites is 1. The zero-order chi connectivity index (χ0) is 12.4. The van der Waals surface area contributed by atoms with Gasteiger partial charge in [-0.1, -0.05) is 17.7 Å². The number of nitro groups is 1. The molecule has 1 aromatic heterocycles. The Balaban J connectivity index is 2.75. The van der Waals surface area contributed by atoms with Gasteiger partial charge in [-0.05, 0) is 6.07 Å². The molecule has 0 bridgehead atoms. The molecule has 0 radical (unpaired) electrons. The maximum atomic E-state index is 10.9. The SMILES string of the molecule is N#Cc1nccn1-c1c(Cl)cccc1[N+](=O)[O-]. The molecule has 0 N–H and O–H groups in total. The predicted molar refractivity (Wildman–Crippen MR) is 59.9 cm³/mol. The van der Waals surface area contributed by atoms with E-state index in [9.17, 15) is 10.1 Å². The van der Waals surface area contributed by atoms with Crippen molar-refractivity contribution < 1.29 is 4.92 Å². The topological polar surface area (TPSA) is 84.8 Å². The summed E-state index contributed by atoms with van der Waals surface area (Å²) in [5.41, 5.74) is -0.0276. The van der Waals surface area contributed by atoms with E-state index in [-0.39, 0.29) is 22.2 Å². The minimum absolute atomic E-state index is 0.0428. The number of imidazole rings is 1. The summed E-state index contributed by atoms with van der Waals surface area (Å²) in [6.07, 6.45) is 2.83. The number of aromatic nitrogens is 2. The van der Waals surface area contributed by atoms with Gasteiger partial charge in [-0.3, -0.25) is 14.7 Å².